The summed E-state index contributed by atoms with van der Waals surface area (Å²) < 4.78 is 16.4. The number of likely N-dealkylation sites (tertiary alicyclic amines) is 1. The lowest BCUT2D eigenvalue weighted by Gasteiger charge is -2.36. The van der Waals surface area contributed by atoms with E-state index >= 15 is 0 Å². The summed E-state index contributed by atoms with van der Waals surface area (Å²) in [7, 11) is 5.52. The van der Waals surface area contributed by atoms with E-state index in [1.54, 1.807) is 24.1 Å². The molecule has 1 amide bonds. The number of rotatable bonds is 6. The molecule has 0 aliphatic carbocycles. The smallest absolute Gasteiger partial charge is 0.312 e. The minimum atomic E-state index is -0.430. The van der Waals surface area contributed by atoms with Gasteiger partial charge in [-0.1, -0.05) is 12.1 Å². The second-order valence-corrected chi connectivity index (χ2v) is 7.70. The first kappa shape index (κ1) is 23.5. The first-order valence-electron chi connectivity index (χ1n) is 9.82. The van der Waals surface area contributed by atoms with Crippen molar-refractivity contribution in [2.75, 3.05) is 47.4 Å². The minimum absolute atomic E-state index is 0.0406. The van der Waals surface area contributed by atoms with Gasteiger partial charge in [-0.05, 0) is 39.1 Å². The number of benzene rings is 1. The van der Waals surface area contributed by atoms with Crippen molar-refractivity contribution in [3.05, 3.63) is 24.3 Å². The molecule has 30 heavy (non-hydrogen) atoms. The van der Waals surface area contributed by atoms with E-state index in [2.05, 4.69) is 0 Å². The Kier molecular flexibility index (Phi) is 8.46. The van der Waals surface area contributed by atoms with Crippen LogP contribution in [-0.4, -0.2) is 86.8 Å². The quantitative estimate of drug-likeness (QED) is 0.540. The van der Waals surface area contributed by atoms with Crippen molar-refractivity contribution in [2.45, 2.75) is 25.4 Å². The highest BCUT2D eigenvalue weighted by atomic mass is 16.6. The number of ether oxygens (including phenoxy) is 3. The maximum absolute atomic E-state index is 12.5. The molecule has 1 atom stereocenters. The largest absolute Gasteiger partial charge is 0.493 e. The Morgan fingerprint density at radius 1 is 1.30 bits per heavy atom. The van der Waals surface area contributed by atoms with E-state index in [1.807, 2.05) is 31.1 Å². The maximum Gasteiger partial charge on any atom is 0.312 e. The van der Waals surface area contributed by atoms with E-state index in [-0.39, 0.29) is 31.1 Å². The zero-order valence-electron chi connectivity index (χ0n) is 17.7. The molecule has 0 radical (unpaired) electrons. The second-order valence-electron chi connectivity index (χ2n) is 7.70. The Bertz CT molecular complexity index is 730. The Balaban J connectivity index is 0.00000101. The average molecular weight is 422 g/mol. The number of esters is 1. The summed E-state index contributed by atoms with van der Waals surface area (Å²) in [5, 5.41) is 6.89. The molecule has 1 N–H and O–H groups in total. The number of piperidine rings is 1. The summed E-state index contributed by atoms with van der Waals surface area (Å²) in [4.78, 5) is 37.1. The first-order chi connectivity index (χ1) is 14.3. The molecule has 2 fully saturated rings. The van der Waals surface area contributed by atoms with Crippen molar-refractivity contribution in [3.63, 3.8) is 0 Å². The van der Waals surface area contributed by atoms with Gasteiger partial charge in [0.05, 0.1) is 12.5 Å². The molecule has 2 saturated heterocycles. The maximum atomic E-state index is 12.5. The number of hydrogen-bond acceptors (Lipinski definition) is 7. The predicted molar refractivity (Wildman–Crippen MR) is 108 cm³/mol. The number of likely N-dealkylation sites (N-methyl/N-ethyl adjacent to an activating group) is 1. The Hall–Kier alpha value is -2.81. The third-order valence-corrected chi connectivity index (χ3v) is 5.39. The third-order valence-electron chi connectivity index (χ3n) is 5.39. The van der Waals surface area contributed by atoms with Crippen LogP contribution < -0.4 is 9.47 Å². The molecule has 2 aliphatic heterocycles. The van der Waals surface area contributed by atoms with Crippen LogP contribution >= 0.6 is 0 Å². The van der Waals surface area contributed by atoms with Crippen LogP contribution in [0.15, 0.2) is 24.3 Å². The van der Waals surface area contributed by atoms with Gasteiger partial charge in [0.25, 0.3) is 12.4 Å². The normalized spacial score (nSPS) is 19.7. The van der Waals surface area contributed by atoms with E-state index in [4.69, 9.17) is 24.1 Å². The molecule has 9 heteroatoms. The molecule has 1 unspecified atom stereocenters. The van der Waals surface area contributed by atoms with Crippen molar-refractivity contribution in [2.24, 2.45) is 5.41 Å². The molecule has 1 aromatic carbocycles. The van der Waals surface area contributed by atoms with Gasteiger partial charge in [0, 0.05) is 26.1 Å². The van der Waals surface area contributed by atoms with Crippen LogP contribution in [-0.2, 0) is 19.1 Å². The number of carboxylic acid groups (broad SMARTS) is 1. The van der Waals surface area contributed by atoms with Gasteiger partial charge in [0.1, 0.15) is 6.10 Å². The summed E-state index contributed by atoms with van der Waals surface area (Å²) in [6.45, 7) is 1.56. The SMILES string of the molecule is COc1ccccc1OCC(=O)N1CCC2(CC1)CC(CN(C)C)OC2=O.O=CO. The molecule has 2 heterocycles. The van der Waals surface area contributed by atoms with E-state index in [9.17, 15) is 9.59 Å². The highest BCUT2D eigenvalue weighted by Crippen LogP contribution is 2.43. The summed E-state index contributed by atoms with van der Waals surface area (Å²) in [5.41, 5.74) is -0.430. The summed E-state index contributed by atoms with van der Waals surface area (Å²) in [5.74, 6) is 0.968. The van der Waals surface area contributed by atoms with Crippen LogP contribution in [0.5, 0.6) is 11.5 Å². The predicted octanol–water partition coefficient (Wildman–Crippen LogP) is 1.26. The molecular formula is C21H30N2O7. The van der Waals surface area contributed by atoms with Crippen LogP contribution in [0.1, 0.15) is 19.3 Å². The van der Waals surface area contributed by atoms with E-state index in [0.717, 1.165) is 13.0 Å². The molecule has 166 valence electrons. The highest BCUT2D eigenvalue weighted by Gasteiger charge is 2.50. The minimum Gasteiger partial charge on any atom is -0.493 e. The molecular weight excluding hydrogens is 392 g/mol. The first-order valence-corrected chi connectivity index (χ1v) is 9.82. The number of methoxy groups -OCH3 is 1. The molecule has 1 spiro atoms. The highest BCUT2D eigenvalue weighted by molar-refractivity contribution is 5.81. The summed E-state index contributed by atoms with van der Waals surface area (Å²) >= 11 is 0. The molecule has 3 rings (SSSR count). The van der Waals surface area contributed by atoms with E-state index < -0.39 is 5.41 Å². The van der Waals surface area contributed by atoms with E-state index in [0.29, 0.717) is 37.4 Å². The third kappa shape index (κ3) is 5.85. The number of cyclic esters (lactones) is 1. The standard InChI is InChI=1S/C20H28N2O5.CH2O2/c1-21(2)13-15-12-20(19(24)27-15)8-10-22(11-9-20)18(23)14-26-17-7-5-4-6-16(17)25-3;2-1-3/h4-7,15H,8-14H2,1-3H3;1H,(H,2,3). The summed E-state index contributed by atoms with van der Waals surface area (Å²) in [6.07, 6.45) is 1.99. The molecule has 2 aliphatic rings. The molecule has 0 saturated carbocycles. The second kappa shape index (κ2) is 10.8. The number of nitrogens with zero attached hydrogens (tertiary/aromatic N) is 2. The Morgan fingerprint density at radius 3 is 2.47 bits per heavy atom. The number of para-hydroxylation sites is 2. The van der Waals surface area contributed by atoms with Gasteiger partial charge in [0.15, 0.2) is 18.1 Å². The summed E-state index contributed by atoms with van der Waals surface area (Å²) in [6, 6.07) is 7.25. The molecule has 0 bridgehead atoms. The Morgan fingerprint density at radius 2 is 1.90 bits per heavy atom. The van der Waals surface area contributed by atoms with Gasteiger partial charge in [-0.3, -0.25) is 14.4 Å². The van der Waals surface area contributed by atoms with Gasteiger partial charge in [-0.2, -0.15) is 0 Å². The number of hydrogen-bond donors (Lipinski definition) is 1. The molecule has 1 aromatic rings. The van der Waals surface area contributed by atoms with Gasteiger partial charge >= 0.3 is 5.97 Å². The fourth-order valence-corrected chi connectivity index (χ4v) is 3.91. The fourth-order valence-electron chi connectivity index (χ4n) is 3.91. The average Bonchev–Trinajstić information content (AvgIpc) is 3.01. The van der Waals surface area contributed by atoms with Gasteiger partial charge in [-0.15, -0.1) is 0 Å². The van der Waals surface area contributed by atoms with Gasteiger partial charge < -0.3 is 29.1 Å². The van der Waals surface area contributed by atoms with Crippen LogP contribution in [0.2, 0.25) is 0 Å². The zero-order chi connectivity index (χ0) is 22.1. The van der Waals surface area contributed by atoms with Crippen molar-refractivity contribution >= 4 is 18.3 Å². The monoisotopic (exact) mass is 422 g/mol. The number of carbonyl (C=O) groups is 3. The number of carbonyl (C=O) groups excluding carboxylic acids is 2. The van der Waals surface area contributed by atoms with Crippen LogP contribution in [0, 0.1) is 5.41 Å². The van der Waals surface area contributed by atoms with Crippen molar-refractivity contribution in [3.8, 4) is 11.5 Å². The van der Waals surface area contributed by atoms with Crippen LogP contribution in [0.3, 0.4) is 0 Å². The fraction of sp³-hybridized carbons (Fsp3) is 0.571. The van der Waals surface area contributed by atoms with Gasteiger partial charge in [0.2, 0.25) is 0 Å². The van der Waals surface area contributed by atoms with Gasteiger partial charge in [-0.25, -0.2) is 0 Å². The lowest BCUT2D eigenvalue weighted by atomic mass is 9.76. The van der Waals surface area contributed by atoms with Crippen molar-refractivity contribution < 1.29 is 33.7 Å². The van der Waals surface area contributed by atoms with E-state index in [1.165, 1.54) is 0 Å². The number of amides is 1. The lowest BCUT2D eigenvalue weighted by molar-refractivity contribution is -0.153. The zero-order valence-corrected chi connectivity index (χ0v) is 17.7. The Labute approximate surface area is 176 Å². The molecule has 0 aromatic heterocycles. The topological polar surface area (TPSA) is 106 Å². The molecule has 9 nitrogen and oxygen atoms in total. The van der Waals surface area contributed by atoms with Crippen molar-refractivity contribution in [1.29, 1.82) is 0 Å². The van der Waals surface area contributed by atoms with Crippen molar-refractivity contribution in [1.82, 2.24) is 9.80 Å². The van der Waals surface area contributed by atoms with Crippen LogP contribution in [0.25, 0.3) is 0 Å². The van der Waals surface area contributed by atoms with Crippen LogP contribution in [0.4, 0.5) is 0 Å². The lowest BCUT2D eigenvalue weighted by Crippen LogP contribution is -2.46.